The third-order valence-corrected chi connectivity index (χ3v) is 7.24. The number of amides is 2. The predicted molar refractivity (Wildman–Crippen MR) is 123 cm³/mol. The molecule has 10 heteroatoms. The molecule has 33 heavy (non-hydrogen) atoms. The highest BCUT2D eigenvalue weighted by Gasteiger charge is 2.28. The first-order valence-corrected chi connectivity index (χ1v) is 12.4. The summed E-state index contributed by atoms with van der Waals surface area (Å²) in [6, 6.07) is 10.7. The quantitative estimate of drug-likeness (QED) is 0.564. The number of rotatable bonds is 9. The van der Waals surface area contributed by atoms with Crippen LogP contribution >= 0.6 is 0 Å². The van der Waals surface area contributed by atoms with E-state index < -0.39 is 22.0 Å². The Kier molecular flexibility index (Phi) is 8.54. The molecule has 2 heterocycles. The van der Waals surface area contributed by atoms with Crippen LogP contribution in [0.15, 0.2) is 53.6 Å². The number of hydrogen-bond acceptors (Lipinski definition) is 6. The van der Waals surface area contributed by atoms with Crippen molar-refractivity contribution in [3.63, 3.8) is 0 Å². The van der Waals surface area contributed by atoms with E-state index in [-0.39, 0.29) is 35.4 Å². The van der Waals surface area contributed by atoms with E-state index >= 15 is 0 Å². The number of pyridine rings is 1. The number of sulfonamides is 1. The molecule has 9 nitrogen and oxygen atoms in total. The molecule has 2 amide bonds. The molecule has 1 aromatic heterocycles. The molecule has 0 radical (unpaired) electrons. The monoisotopic (exact) mass is 474 g/mol. The maximum absolute atomic E-state index is 12.9. The Hall–Kier alpha value is -2.82. The highest BCUT2D eigenvalue weighted by molar-refractivity contribution is 7.89. The Morgan fingerprint density at radius 1 is 1.12 bits per heavy atom. The molecule has 1 aliphatic heterocycles. The molecule has 0 bridgehead atoms. The topological polar surface area (TPSA) is 118 Å². The van der Waals surface area contributed by atoms with Gasteiger partial charge in [0.2, 0.25) is 15.9 Å². The van der Waals surface area contributed by atoms with Crippen LogP contribution in [0.3, 0.4) is 0 Å². The van der Waals surface area contributed by atoms with Crippen molar-refractivity contribution in [3.8, 4) is 0 Å². The summed E-state index contributed by atoms with van der Waals surface area (Å²) in [5.41, 5.74) is 1.04. The lowest BCUT2D eigenvalue weighted by atomic mass is 10.0. The van der Waals surface area contributed by atoms with Gasteiger partial charge in [-0.3, -0.25) is 14.6 Å². The summed E-state index contributed by atoms with van der Waals surface area (Å²) in [5, 5.41) is 5.58. The second kappa shape index (κ2) is 11.4. The van der Waals surface area contributed by atoms with Gasteiger partial charge in [-0.1, -0.05) is 26.0 Å². The Morgan fingerprint density at radius 2 is 1.88 bits per heavy atom. The van der Waals surface area contributed by atoms with Crippen LogP contribution in [0.4, 0.5) is 0 Å². The molecule has 1 atom stereocenters. The molecule has 2 aromatic rings. The average Bonchev–Trinajstić information content (AvgIpc) is 2.83. The minimum absolute atomic E-state index is 0.0398. The zero-order valence-corrected chi connectivity index (χ0v) is 19.7. The van der Waals surface area contributed by atoms with Gasteiger partial charge in [0.25, 0.3) is 5.91 Å². The zero-order chi connectivity index (χ0) is 23.8. The van der Waals surface area contributed by atoms with Crippen LogP contribution in [-0.2, 0) is 26.0 Å². The Balaban J connectivity index is 1.65. The van der Waals surface area contributed by atoms with Crippen molar-refractivity contribution < 1.29 is 22.7 Å². The molecule has 1 aromatic carbocycles. The number of carbonyl (C=O) groups excluding carboxylic acids is 2. The van der Waals surface area contributed by atoms with Gasteiger partial charge in [0.15, 0.2) is 0 Å². The molecule has 0 spiro atoms. The van der Waals surface area contributed by atoms with Crippen molar-refractivity contribution in [2.24, 2.45) is 5.92 Å². The molecule has 0 saturated carbocycles. The number of nitrogens with one attached hydrogen (secondary N) is 2. The SMILES string of the molecule is CC(C)[C@H](NC(=O)c1cccc(S(=O)(=O)N2CCOCC2)c1)C(=O)NCCc1ccccn1. The normalized spacial score (nSPS) is 15.7. The van der Waals surface area contributed by atoms with E-state index in [2.05, 4.69) is 15.6 Å². The van der Waals surface area contributed by atoms with E-state index in [9.17, 15) is 18.0 Å². The lowest BCUT2D eigenvalue weighted by molar-refractivity contribution is -0.123. The van der Waals surface area contributed by atoms with Crippen LogP contribution in [0.1, 0.15) is 29.9 Å². The number of ether oxygens (including phenoxy) is 1. The van der Waals surface area contributed by atoms with Gasteiger partial charge in [-0.25, -0.2) is 8.42 Å². The fraction of sp³-hybridized carbons (Fsp3) is 0.435. The second-order valence-electron chi connectivity index (χ2n) is 8.10. The fourth-order valence-corrected chi connectivity index (χ4v) is 4.92. The summed E-state index contributed by atoms with van der Waals surface area (Å²) in [7, 11) is -3.73. The van der Waals surface area contributed by atoms with Gasteiger partial charge in [0.1, 0.15) is 6.04 Å². The number of aromatic nitrogens is 1. The second-order valence-corrected chi connectivity index (χ2v) is 10.0. The first kappa shape index (κ1) is 24.8. The Labute approximate surface area is 194 Å². The molecule has 0 aliphatic carbocycles. The first-order chi connectivity index (χ1) is 15.8. The molecule has 2 N–H and O–H groups in total. The maximum Gasteiger partial charge on any atom is 0.251 e. The number of benzene rings is 1. The number of nitrogens with zero attached hydrogens (tertiary/aromatic N) is 2. The van der Waals surface area contributed by atoms with Crippen molar-refractivity contribution >= 4 is 21.8 Å². The maximum atomic E-state index is 12.9. The number of hydrogen-bond donors (Lipinski definition) is 2. The van der Waals surface area contributed by atoms with E-state index in [1.54, 1.807) is 6.20 Å². The van der Waals surface area contributed by atoms with Gasteiger partial charge in [0.05, 0.1) is 18.1 Å². The van der Waals surface area contributed by atoms with Crippen molar-refractivity contribution in [2.45, 2.75) is 31.2 Å². The van der Waals surface area contributed by atoms with Crippen LogP contribution in [0.25, 0.3) is 0 Å². The summed E-state index contributed by atoms with van der Waals surface area (Å²) in [4.78, 5) is 29.9. The molecular weight excluding hydrogens is 444 g/mol. The van der Waals surface area contributed by atoms with Gasteiger partial charge in [-0.05, 0) is 36.2 Å². The van der Waals surface area contributed by atoms with Gasteiger partial charge in [0, 0.05) is 43.5 Å². The summed E-state index contributed by atoms with van der Waals surface area (Å²) in [6.07, 6.45) is 2.27. The summed E-state index contributed by atoms with van der Waals surface area (Å²) < 4.78 is 32.4. The molecule has 3 rings (SSSR count). The Bertz CT molecular complexity index is 1050. The minimum Gasteiger partial charge on any atom is -0.379 e. The lowest BCUT2D eigenvalue weighted by Gasteiger charge is -2.26. The molecule has 0 unspecified atom stereocenters. The smallest absolute Gasteiger partial charge is 0.251 e. The lowest BCUT2D eigenvalue weighted by Crippen LogP contribution is -2.50. The minimum atomic E-state index is -3.73. The zero-order valence-electron chi connectivity index (χ0n) is 18.9. The van der Waals surface area contributed by atoms with Crippen LogP contribution in [0.2, 0.25) is 0 Å². The molecule has 1 fully saturated rings. The Morgan fingerprint density at radius 3 is 2.55 bits per heavy atom. The van der Waals surface area contributed by atoms with Crippen molar-refractivity contribution in [3.05, 3.63) is 59.9 Å². The average molecular weight is 475 g/mol. The van der Waals surface area contributed by atoms with E-state index in [1.807, 2.05) is 32.0 Å². The van der Waals surface area contributed by atoms with Gasteiger partial charge >= 0.3 is 0 Å². The highest BCUT2D eigenvalue weighted by atomic mass is 32.2. The van der Waals surface area contributed by atoms with Crippen molar-refractivity contribution in [1.29, 1.82) is 0 Å². The van der Waals surface area contributed by atoms with E-state index in [4.69, 9.17) is 4.74 Å². The van der Waals surface area contributed by atoms with E-state index in [1.165, 1.54) is 28.6 Å². The predicted octanol–water partition coefficient (Wildman–Crippen LogP) is 1.22. The largest absolute Gasteiger partial charge is 0.379 e. The summed E-state index contributed by atoms with van der Waals surface area (Å²) in [6.45, 7) is 5.28. The third-order valence-electron chi connectivity index (χ3n) is 5.35. The fourth-order valence-electron chi connectivity index (χ4n) is 3.46. The summed E-state index contributed by atoms with van der Waals surface area (Å²) >= 11 is 0. The molecule has 1 saturated heterocycles. The highest BCUT2D eigenvalue weighted by Crippen LogP contribution is 2.18. The molecule has 1 aliphatic rings. The number of morpholine rings is 1. The summed E-state index contributed by atoms with van der Waals surface area (Å²) in [5.74, 6) is -0.969. The van der Waals surface area contributed by atoms with Crippen LogP contribution in [0, 0.1) is 5.92 Å². The molecular formula is C23H30N4O5S. The van der Waals surface area contributed by atoms with E-state index in [0.29, 0.717) is 26.2 Å². The van der Waals surface area contributed by atoms with Crippen molar-refractivity contribution in [2.75, 3.05) is 32.8 Å². The first-order valence-electron chi connectivity index (χ1n) is 11.0. The van der Waals surface area contributed by atoms with Crippen molar-refractivity contribution in [1.82, 2.24) is 19.9 Å². The third kappa shape index (κ3) is 6.59. The standard InChI is InChI=1S/C23H30N4O5S/c1-17(2)21(23(29)25-11-9-19-7-3-4-10-24-19)26-22(28)18-6-5-8-20(16-18)33(30,31)27-12-14-32-15-13-27/h3-8,10,16-17,21H,9,11-15H2,1-2H3,(H,25,29)(H,26,28)/t21-/m0/s1. The van der Waals surface area contributed by atoms with E-state index in [0.717, 1.165) is 5.69 Å². The van der Waals surface area contributed by atoms with Crippen LogP contribution in [-0.4, -0.2) is 68.4 Å². The van der Waals surface area contributed by atoms with Crippen LogP contribution < -0.4 is 10.6 Å². The number of carbonyl (C=O) groups is 2. The van der Waals surface area contributed by atoms with Gasteiger partial charge < -0.3 is 15.4 Å². The van der Waals surface area contributed by atoms with Crippen LogP contribution in [0.5, 0.6) is 0 Å². The van der Waals surface area contributed by atoms with Gasteiger partial charge in [-0.2, -0.15) is 4.31 Å². The molecule has 178 valence electrons. The van der Waals surface area contributed by atoms with Gasteiger partial charge in [-0.15, -0.1) is 0 Å².